The van der Waals surface area contributed by atoms with Crippen LogP contribution in [-0.4, -0.2) is 11.1 Å². The maximum absolute atomic E-state index is 6.11. The number of aromatic nitrogens is 1. The number of nitrogens with zero attached hydrogens (tertiary/aromatic N) is 1. The van der Waals surface area contributed by atoms with Gasteiger partial charge in [-0.2, -0.15) is 0 Å². The minimum absolute atomic E-state index is 0.108. The van der Waals surface area contributed by atoms with Crippen LogP contribution >= 0.6 is 0 Å². The van der Waals surface area contributed by atoms with Crippen LogP contribution in [0.1, 0.15) is 64.6 Å². The Morgan fingerprint density at radius 2 is 1.94 bits per heavy atom. The summed E-state index contributed by atoms with van der Waals surface area (Å²) in [5.74, 6) is 1.45. The summed E-state index contributed by atoms with van der Waals surface area (Å²) in [4.78, 5) is 4.51. The molecule has 0 unspecified atom stereocenters. The van der Waals surface area contributed by atoms with Crippen LogP contribution < -0.4 is 4.74 Å². The Labute approximate surface area is 104 Å². The highest BCUT2D eigenvalue weighted by molar-refractivity contribution is 5.43. The van der Waals surface area contributed by atoms with Crippen molar-refractivity contribution in [3.63, 3.8) is 0 Å². The highest BCUT2D eigenvalue weighted by Gasteiger charge is 2.29. The monoisotopic (exact) mass is 233 g/mol. The topological polar surface area (TPSA) is 22.1 Å². The van der Waals surface area contributed by atoms with E-state index in [1.165, 1.54) is 18.4 Å². The molecule has 0 aliphatic heterocycles. The molecular weight excluding hydrogens is 210 g/mol. The Morgan fingerprint density at radius 1 is 1.29 bits per heavy atom. The van der Waals surface area contributed by atoms with Gasteiger partial charge in [0.15, 0.2) is 0 Å². The maximum atomic E-state index is 6.11. The lowest BCUT2D eigenvalue weighted by atomic mass is 9.85. The second-order valence-electron chi connectivity index (χ2n) is 6.29. The van der Waals surface area contributed by atoms with E-state index in [2.05, 4.69) is 45.7 Å². The van der Waals surface area contributed by atoms with Crippen LogP contribution in [0, 0.1) is 0 Å². The average Bonchev–Trinajstić information content (AvgIpc) is 3.00. The van der Waals surface area contributed by atoms with E-state index in [0.717, 1.165) is 11.4 Å². The molecule has 1 heterocycles. The SMILES string of the molecule is CC(C)c1nccc(C(C)(C)C)c1OC1CC1. The zero-order valence-corrected chi connectivity index (χ0v) is 11.6. The summed E-state index contributed by atoms with van der Waals surface area (Å²) in [6.45, 7) is 11.0. The van der Waals surface area contributed by atoms with Crippen molar-refractivity contribution in [1.82, 2.24) is 4.98 Å². The molecule has 1 aliphatic carbocycles. The minimum Gasteiger partial charge on any atom is -0.488 e. The Kier molecular flexibility index (Phi) is 3.15. The molecule has 1 saturated carbocycles. The fourth-order valence-corrected chi connectivity index (χ4v) is 1.94. The molecular formula is C15H23NO. The van der Waals surface area contributed by atoms with E-state index >= 15 is 0 Å². The molecule has 0 atom stereocenters. The molecule has 0 bridgehead atoms. The largest absolute Gasteiger partial charge is 0.488 e. The number of rotatable bonds is 3. The third-order valence-electron chi connectivity index (χ3n) is 3.10. The number of hydrogen-bond donors (Lipinski definition) is 0. The van der Waals surface area contributed by atoms with Gasteiger partial charge in [-0.3, -0.25) is 4.98 Å². The molecule has 0 aromatic carbocycles. The maximum Gasteiger partial charge on any atom is 0.145 e. The highest BCUT2D eigenvalue weighted by Crippen LogP contribution is 2.39. The van der Waals surface area contributed by atoms with E-state index in [-0.39, 0.29) is 5.41 Å². The molecule has 0 saturated heterocycles. The molecule has 0 N–H and O–H groups in total. The predicted molar refractivity (Wildman–Crippen MR) is 70.7 cm³/mol. The van der Waals surface area contributed by atoms with Gasteiger partial charge in [0.2, 0.25) is 0 Å². The molecule has 1 aliphatic rings. The summed E-state index contributed by atoms with van der Waals surface area (Å²) in [6.07, 6.45) is 4.72. The summed E-state index contributed by atoms with van der Waals surface area (Å²) in [6, 6.07) is 2.10. The van der Waals surface area contributed by atoms with E-state index in [4.69, 9.17) is 4.74 Å². The van der Waals surface area contributed by atoms with Crippen LogP contribution in [-0.2, 0) is 5.41 Å². The van der Waals surface area contributed by atoms with Crippen LogP contribution in [0.15, 0.2) is 12.3 Å². The van der Waals surface area contributed by atoms with Gasteiger partial charge in [0.1, 0.15) is 5.75 Å². The molecule has 2 heteroatoms. The van der Waals surface area contributed by atoms with Crippen LogP contribution in [0.25, 0.3) is 0 Å². The van der Waals surface area contributed by atoms with Crippen molar-refractivity contribution in [3.05, 3.63) is 23.5 Å². The quantitative estimate of drug-likeness (QED) is 0.786. The van der Waals surface area contributed by atoms with Gasteiger partial charge in [-0.05, 0) is 30.2 Å². The van der Waals surface area contributed by atoms with Crippen molar-refractivity contribution in [3.8, 4) is 5.75 Å². The van der Waals surface area contributed by atoms with Gasteiger partial charge in [0, 0.05) is 11.8 Å². The minimum atomic E-state index is 0.108. The Hall–Kier alpha value is -1.05. The summed E-state index contributed by atoms with van der Waals surface area (Å²) in [7, 11) is 0. The van der Waals surface area contributed by atoms with Gasteiger partial charge >= 0.3 is 0 Å². The molecule has 1 aromatic heterocycles. The van der Waals surface area contributed by atoms with Crippen molar-refractivity contribution < 1.29 is 4.74 Å². The van der Waals surface area contributed by atoms with E-state index in [1.54, 1.807) is 0 Å². The molecule has 0 spiro atoms. The van der Waals surface area contributed by atoms with Crippen LogP contribution in [0.3, 0.4) is 0 Å². The third-order valence-corrected chi connectivity index (χ3v) is 3.10. The van der Waals surface area contributed by atoms with Crippen molar-refractivity contribution in [2.75, 3.05) is 0 Å². The summed E-state index contributed by atoms with van der Waals surface area (Å²) < 4.78 is 6.11. The van der Waals surface area contributed by atoms with E-state index in [0.29, 0.717) is 12.0 Å². The van der Waals surface area contributed by atoms with E-state index in [1.807, 2.05) is 6.20 Å². The molecule has 0 radical (unpaired) electrons. The normalized spacial score (nSPS) is 16.4. The molecule has 1 fully saturated rings. The van der Waals surface area contributed by atoms with Crippen molar-refractivity contribution in [1.29, 1.82) is 0 Å². The average molecular weight is 233 g/mol. The van der Waals surface area contributed by atoms with Gasteiger partial charge in [-0.25, -0.2) is 0 Å². The lowest BCUT2D eigenvalue weighted by Crippen LogP contribution is -2.16. The van der Waals surface area contributed by atoms with Crippen LogP contribution in [0.5, 0.6) is 5.75 Å². The van der Waals surface area contributed by atoms with Crippen molar-refractivity contribution in [2.24, 2.45) is 0 Å². The highest BCUT2D eigenvalue weighted by atomic mass is 16.5. The molecule has 2 rings (SSSR count). The van der Waals surface area contributed by atoms with Gasteiger partial charge in [0.05, 0.1) is 11.8 Å². The van der Waals surface area contributed by atoms with Gasteiger partial charge < -0.3 is 4.74 Å². The van der Waals surface area contributed by atoms with Crippen LogP contribution in [0.4, 0.5) is 0 Å². The summed E-state index contributed by atoms with van der Waals surface area (Å²) in [5.41, 5.74) is 2.49. The smallest absolute Gasteiger partial charge is 0.145 e. The van der Waals surface area contributed by atoms with Crippen LogP contribution in [0.2, 0.25) is 0 Å². The van der Waals surface area contributed by atoms with E-state index < -0.39 is 0 Å². The first kappa shape index (κ1) is 12.4. The molecule has 2 nitrogen and oxygen atoms in total. The first-order chi connectivity index (χ1) is 7.89. The van der Waals surface area contributed by atoms with Crippen molar-refractivity contribution >= 4 is 0 Å². The zero-order chi connectivity index (χ0) is 12.6. The lowest BCUT2D eigenvalue weighted by Gasteiger charge is -2.25. The first-order valence-electron chi connectivity index (χ1n) is 6.55. The molecule has 94 valence electrons. The Bertz CT molecular complexity index is 400. The van der Waals surface area contributed by atoms with E-state index in [9.17, 15) is 0 Å². The number of pyridine rings is 1. The van der Waals surface area contributed by atoms with Gasteiger partial charge in [0.25, 0.3) is 0 Å². The number of ether oxygens (including phenoxy) is 1. The van der Waals surface area contributed by atoms with Gasteiger partial charge in [-0.1, -0.05) is 34.6 Å². The second kappa shape index (κ2) is 4.32. The molecule has 1 aromatic rings. The second-order valence-corrected chi connectivity index (χ2v) is 6.29. The third kappa shape index (κ3) is 2.80. The van der Waals surface area contributed by atoms with Crippen molar-refractivity contribution in [2.45, 2.75) is 64.9 Å². The predicted octanol–water partition coefficient (Wildman–Crippen LogP) is 4.04. The standard InChI is InChI=1S/C15H23NO/c1-10(2)13-14(17-11-6-7-11)12(8-9-16-13)15(3,4)5/h8-11H,6-7H2,1-5H3. The first-order valence-corrected chi connectivity index (χ1v) is 6.55. The zero-order valence-electron chi connectivity index (χ0n) is 11.6. The summed E-state index contributed by atoms with van der Waals surface area (Å²) in [5, 5.41) is 0. The fraction of sp³-hybridized carbons (Fsp3) is 0.667. The molecule has 17 heavy (non-hydrogen) atoms. The fourth-order valence-electron chi connectivity index (χ4n) is 1.94. The lowest BCUT2D eigenvalue weighted by molar-refractivity contribution is 0.288. The number of hydrogen-bond acceptors (Lipinski definition) is 2. The summed E-state index contributed by atoms with van der Waals surface area (Å²) >= 11 is 0. The Morgan fingerprint density at radius 3 is 2.41 bits per heavy atom. The molecule has 0 amide bonds. The Balaban J connectivity index is 2.45. The van der Waals surface area contributed by atoms with Gasteiger partial charge in [-0.15, -0.1) is 0 Å².